The Morgan fingerprint density at radius 3 is 2.07 bits per heavy atom. The zero-order chi connectivity index (χ0) is 10.4. The summed E-state index contributed by atoms with van der Waals surface area (Å²) in [6.07, 6.45) is 0.958. The van der Waals surface area contributed by atoms with Crippen molar-refractivity contribution in [1.82, 2.24) is 0 Å². The van der Waals surface area contributed by atoms with E-state index in [0.717, 1.165) is 19.6 Å². The Morgan fingerprint density at radius 1 is 1.14 bits per heavy atom. The maximum Gasteiger partial charge on any atom is 0.393 e. The van der Waals surface area contributed by atoms with Crippen LogP contribution >= 0.6 is 0 Å². The zero-order valence-corrected chi connectivity index (χ0v) is 10.2. The van der Waals surface area contributed by atoms with Gasteiger partial charge >= 0.3 is 8.56 Å². The molecule has 0 aromatic rings. The molecule has 0 aromatic heterocycles. The molecule has 84 valence electrons. The third kappa shape index (κ3) is 3.03. The standard InChI is InChI=1S/C9H20O4Si/c1-4-12-14(3,13-5-2)9-10-7-6-8-11-9/h9H,4-8H2,1-3H3. The van der Waals surface area contributed by atoms with Gasteiger partial charge in [0.25, 0.3) is 0 Å². The van der Waals surface area contributed by atoms with E-state index in [9.17, 15) is 0 Å². The largest absolute Gasteiger partial charge is 0.393 e. The van der Waals surface area contributed by atoms with E-state index in [0.29, 0.717) is 13.2 Å². The second kappa shape index (κ2) is 5.82. The molecule has 1 saturated heterocycles. The fraction of sp³-hybridized carbons (Fsp3) is 1.00. The molecule has 1 rings (SSSR count). The van der Waals surface area contributed by atoms with Crippen LogP contribution in [-0.2, 0) is 18.3 Å². The number of hydrogen-bond acceptors (Lipinski definition) is 4. The van der Waals surface area contributed by atoms with E-state index in [4.69, 9.17) is 18.3 Å². The summed E-state index contributed by atoms with van der Waals surface area (Å²) in [5.41, 5.74) is 0. The number of hydrogen-bond donors (Lipinski definition) is 0. The van der Waals surface area contributed by atoms with Gasteiger partial charge < -0.3 is 18.3 Å². The smallest absolute Gasteiger partial charge is 0.392 e. The van der Waals surface area contributed by atoms with Crippen LogP contribution in [0.15, 0.2) is 0 Å². The third-order valence-corrected chi connectivity index (χ3v) is 5.03. The minimum atomic E-state index is -2.29. The van der Waals surface area contributed by atoms with Crippen molar-refractivity contribution in [3.63, 3.8) is 0 Å². The average Bonchev–Trinajstić information content (AvgIpc) is 2.20. The maximum atomic E-state index is 5.68. The molecule has 0 aliphatic carbocycles. The SMILES string of the molecule is CCO[Si](C)(OCC)C1OCCCO1. The molecule has 1 heterocycles. The van der Waals surface area contributed by atoms with Gasteiger partial charge in [-0.05, 0) is 26.8 Å². The highest BCUT2D eigenvalue weighted by Crippen LogP contribution is 2.20. The maximum absolute atomic E-state index is 5.68. The average molecular weight is 220 g/mol. The molecule has 0 bridgehead atoms. The molecule has 0 amide bonds. The minimum absolute atomic E-state index is 0.267. The first-order valence-electron chi connectivity index (χ1n) is 5.24. The summed E-state index contributed by atoms with van der Waals surface area (Å²) in [6, 6.07) is 0. The molecule has 0 unspecified atom stereocenters. The first kappa shape index (κ1) is 12.1. The summed E-state index contributed by atoms with van der Waals surface area (Å²) in [7, 11) is -2.29. The van der Waals surface area contributed by atoms with Crippen LogP contribution in [0.4, 0.5) is 0 Å². The first-order chi connectivity index (χ1) is 6.73. The zero-order valence-electron chi connectivity index (χ0n) is 9.25. The Bertz CT molecular complexity index is 153. The number of ether oxygens (including phenoxy) is 2. The van der Waals surface area contributed by atoms with E-state index >= 15 is 0 Å². The van der Waals surface area contributed by atoms with Crippen LogP contribution < -0.4 is 0 Å². The van der Waals surface area contributed by atoms with Gasteiger partial charge in [0, 0.05) is 13.2 Å². The van der Waals surface area contributed by atoms with Crippen LogP contribution in [0, 0.1) is 0 Å². The van der Waals surface area contributed by atoms with Gasteiger partial charge in [0.05, 0.1) is 13.2 Å². The van der Waals surface area contributed by atoms with Crippen LogP contribution in [0.1, 0.15) is 20.3 Å². The molecule has 0 spiro atoms. The second-order valence-electron chi connectivity index (χ2n) is 3.31. The van der Waals surface area contributed by atoms with Crippen molar-refractivity contribution in [2.45, 2.75) is 32.7 Å². The van der Waals surface area contributed by atoms with Crippen LogP contribution in [-0.4, -0.2) is 40.9 Å². The van der Waals surface area contributed by atoms with Gasteiger partial charge in [-0.3, -0.25) is 0 Å². The van der Waals surface area contributed by atoms with Crippen molar-refractivity contribution in [3.8, 4) is 0 Å². The van der Waals surface area contributed by atoms with Gasteiger partial charge in [-0.15, -0.1) is 0 Å². The summed E-state index contributed by atoms with van der Waals surface area (Å²) in [6.45, 7) is 8.70. The monoisotopic (exact) mass is 220 g/mol. The molecule has 5 heteroatoms. The molecule has 4 nitrogen and oxygen atoms in total. The molecule has 1 aliphatic rings. The molecular formula is C9H20O4Si. The van der Waals surface area contributed by atoms with Crippen LogP contribution in [0.5, 0.6) is 0 Å². The lowest BCUT2D eigenvalue weighted by Crippen LogP contribution is -2.55. The Balaban J connectivity index is 2.54. The van der Waals surface area contributed by atoms with Gasteiger partial charge in [0.1, 0.15) is 0 Å². The lowest BCUT2D eigenvalue weighted by Gasteiger charge is -2.35. The van der Waals surface area contributed by atoms with Crippen molar-refractivity contribution in [2.75, 3.05) is 26.4 Å². The van der Waals surface area contributed by atoms with Gasteiger partial charge in [-0.2, -0.15) is 0 Å². The van der Waals surface area contributed by atoms with Gasteiger partial charge in [0.2, 0.25) is 0 Å². The van der Waals surface area contributed by atoms with Crippen LogP contribution in [0.25, 0.3) is 0 Å². The summed E-state index contributed by atoms with van der Waals surface area (Å²) >= 11 is 0. The molecular weight excluding hydrogens is 200 g/mol. The first-order valence-corrected chi connectivity index (χ1v) is 7.63. The van der Waals surface area contributed by atoms with Crippen molar-refractivity contribution in [3.05, 3.63) is 0 Å². The van der Waals surface area contributed by atoms with E-state index in [1.165, 1.54) is 0 Å². The normalized spacial score (nSPS) is 19.9. The predicted octanol–water partition coefficient (Wildman–Crippen LogP) is 1.43. The van der Waals surface area contributed by atoms with E-state index in [-0.39, 0.29) is 5.91 Å². The molecule has 1 aliphatic heterocycles. The van der Waals surface area contributed by atoms with Crippen molar-refractivity contribution in [1.29, 1.82) is 0 Å². The third-order valence-electron chi connectivity index (χ3n) is 2.12. The van der Waals surface area contributed by atoms with E-state index in [2.05, 4.69) is 0 Å². The van der Waals surface area contributed by atoms with Gasteiger partial charge in [-0.25, -0.2) is 0 Å². The quantitative estimate of drug-likeness (QED) is 0.657. The predicted molar refractivity (Wildman–Crippen MR) is 55.2 cm³/mol. The lowest BCUT2D eigenvalue weighted by molar-refractivity contribution is -0.155. The Morgan fingerprint density at radius 2 is 1.64 bits per heavy atom. The van der Waals surface area contributed by atoms with Crippen molar-refractivity contribution < 1.29 is 18.3 Å². The molecule has 0 atom stereocenters. The summed E-state index contributed by atoms with van der Waals surface area (Å²) < 4.78 is 22.4. The van der Waals surface area contributed by atoms with E-state index in [1.807, 2.05) is 20.4 Å². The summed E-state index contributed by atoms with van der Waals surface area (Å²) in [4.78, 5) is 0. The van der Waals surface area contributed by atoms with Crippen LogP contribution in [0.2, 0.25) is 6.55 Å². The fourth-order valence-electron chi connectivity index (χ4n) is 1.54. The van der Waals surface area contributed by atoms with Crippen molar-refractivity contribution in [2.24, 2.45) is 0 Å². The highest BCUT2D eigenvalue weighted by molar-refractivity contribution is 6.67. The second-order valence-corrected chi connectivity index (χ2v) is 6.39. The van der Waals surface area contributed by atoms with Crippen molar-refractivity contribution >= 4 is 8.56 Å². The fourth-order valence-corrected chi connectivity index (χ4v) is 3.88. The van der Waals surface area contributed by atoms with E-state index < -0.39 is 8.56 Å². The Labute approximate surface area is 86.7 Å². The lowest BCUT2D eigenvalue weighted by atomic mass is 10.5. The molecule has 1 fully saturated rings. The molecule has 14 heavy (non-hydrogen) atoms. The van der Waals surface area contributed by atoms with Gasteiger partial charge in [-0.1, -0.05) is 0 Å². The van der Waals surface area contributed by atoms with Gasteiger partial charge in [0.15, 0.2) is 5.91 Å². The molecule has 0 aromatic carbocycles. The highest BCUT2D eigenvalue weighted by Gasteiger charge is 2.44. The van der Waals surface area contributed by atoms with E-state index in [1.54, 1.807) is 0 Å². The highest BCUT2D eigenvalue weighted by atomic mass is 28.4. The van der Waals surface area contributed by atoms with Crippen LogP contribution in [0.3, 0.4) is 0 Å². The minimum Gasteiger partial charge on any atom is -0.392 e. The summed E-state index contributed by atoms with van der Waals surface area (Å²) in [5.74, 6) is -0.267. The molecule has 0 N–H and O–H groups in total. The topological polar surface area (TPSA) is 36.9 Å². The number of rotatable bonds is 5. The Hall–Kier alpha value is 0.0569. The molecule has 0 saturated carbocycles. The Kier molecular flexibility index (Phi) is 5.04. The summed E-state index contributed by atoms with van der Waals surface area (Å²) in [5, 5.41) is 0. The molecule has 0 radical (unpaired) electrons.